The topological polar surface area (TPSA) is 54.9 Å². The van der Waals surface area contributed by atoms with Crippen LogP contribution in [0.4, 0.5) is 4.79 Å². The number of urea groups is 1. The summed E-state index contributed by atoms with van der Waals surface area (Å²) in [6.07, 6.45) is 3.62. The lowest BCUT2D eigenvalue weighted by molar-refractivity contribution is -0.0814. The minimum atomic E-state index is -0.0868. The van der Waals surface area contributed by atoms with Crippen LogP contribution in [-0.4, -0.2) is 66.3 Å². The van der Waals surface area contributed by atoms with Crippen LogP contribution in [0.2, 0.25) is 0 Å². The van der Waals surface area contributed by atoms with Gasteiger partial charge in [-0.15, -0.1) is 0 Å². The Bertz CT molecular complexity index is 509. The van der Waals surface area contributed by atoms with E-state index in [1.807, 2.05) is 23.1 Å². The van der Waals surface area contributed by atoms with Gasteiger partial charge in [-0.2, -0.15) is 0 Å². The van der Waals surface area contributed by atoms with Gasteiger partial charge in [-0.3, -0.25) is 4.98 Å². The smallest absolute Gasteiger partial charge is 0.319 e. The van der Waals surface area contributed by atoms with Crippen LogP contribution >= 0.6 is 0 Å². The van der Waals surface area contributed by atoms with E-state index in [0.717, 1.165) is 25.1 Å². The summed E-state index contributed by atoms with van der Waals surface area (Å²) in [5, 5.41) is 0. The third-order valence-corrected chi connectivity index (χ3v) is 4.28. The Balaban J connectivity index is 1.67. The van der Waals surface area contributed by atoms with Crippen LogP contribution < -0.4 is 0 Å². The van der Waals surface area contributed by atoms with E-state index in [4.69, 9.17) is 9.47 Å². The number of rotatable bonds is 3. The van der Waals surface area contributed by atoms with Crippen LogP contribution in [0.1, 0.15) is 18.5 Å². The molecule has 0 radical (unpaired) electrons. The maximum absolute atomic E-state index is 12.3. The summed E-state index contributed by atoms with van der Waals surface area (Å²) in [7, 11) is 3.56. The summed E-state index contributed by atoms with van der Waals surface area (Å²) < 4.78 is 11.9. The first-order valence-electron chi connectivity index (χ1n) is 7.78. The Hall–Kier alpha value is -1.66. The number of hydrogen-bond acceptors (Lipinski definition) is 4. The number of hydrogen-bond donors (Lipinski definition) is 0. The van der Waals surface area contributed by atoms with E-state index in [1.165, 1.54) is 0 Å². The van der Waals surface area contributed by atoms with Crippen molar-refractivity contribution < 1.29 is 14.3 Å². The fraction of sp³-hybridized carbons (Fsp3) is 0.625. The lowest BCUT2D eigenvalue weighted by Crippen LogP contribution is -2.47. The highest BCUT2D eigenvalue weighted by atomic mass is 16.5. The van der Waals surface area contributed by atoms with Gasteiger partial charge in [0.15, 0.2) is 0 Å². The van der Waals surface area contributed by atoms with Crippen molar-refractivity contribution in [2.24, 2.45) is 0 Å². The second-order valence-electron chi connectivity index (χ2n) is 6.04. The third kappa shape index (κ3) is 3.08. The van der Waals surface area contributed by atoms with E-state index in [2.05, 4.69) is 4.98 Å². The van der Waals surface area contributed by atoms with Crippen LogP contribution in [0.3, 0.4) is 0 Å². The molecule has 1 aromatic rings. The summed E-state index contributed by atoms with van der Waals surface area (Å²) >= 11 is 0. The molecule has 3 atom stereocenters. The molecule has 0 N–H and O–H groups in total. The van der Waals surface area contributed by atoms with Crippen molar-refractivity contribution in [1.82, 2.24) is 14.8 Å². The molecule has 0 aromatic carbocycles. The molecular formula is C16H23N3O3. The molecule has 2 fully saturated rings. The standard InChI is InChI=1S/C16H23N3O3/c1-18(2)16(20)19-10-14(15-13(19)7-5-9-21-15)22-11-12-6-3-4-8-17-12/h3-4,6,8,13-15H,5,7,9-11H2,1-2H3/t13-,14+,15+/m0/s1. The molecule has 2 aliphatic heterocycles. The predicted octanol–water partition coefficient (Wildman–Crippen LogP) is 1.51. The molecule has 6 nitrogen and oxygen atoms in total. The maximum atomic E-state index is 12.3. The number of amides is 2. The van der Waals surface area contributed by atoms with Crippen LogP contribution in [0.15, 0.2) is 24.4 Å². The van der Waals surface area contributed by atoms with E-state index in [1.54, 1.807) is 25.2 Å². The zero-order chi connectivity index (χ0) is 15.5. The highest BCUT2D eigenvalue weighted by Crippen LogP contribution is 2.31. The van der Waals surface area contributed by atoms with Gasteiger partial charge in [-0.05, 0) is 25.0 Å². The summed E-state index contributed by atoms with van der Waals surface area (Å²) in [5.74, 6) is 0. The van der Waals surface area contributed by atoms with Gasteiger partial charge in [0, 0.05) is 26.9 Å². The fourth-order valence-corrected chi connectivity index (χ4v) is 3.21. The number of ether oxygens (including phenoxy) is 2. The minimum absolute atomic E-state index is 0.0265. The van der Waals surface area contributed by atoms with Gasteiger partial charge >= 0.3 is 6.03 Å². The number of carbonyl (C=O) groups is 1. The van der Waals surface area contributed by atoms with Gasteiger partial charge in [0.05, 0.1) is 24.9 Å². The molecule has 0 saturated carbocycles. The Labute approximate surface area is 131 Å². The van der Waals surface area contributed by atoms with Crippen molar-refractivity contribution in [2.75, 3.05) is 27.2 Å². The van der Waals surface area contributed by atoms with Crippen LogP contribution in [0, 0.1) is 0 Å². The molecular weight excluding hydrogens is 282 g/mol. The first-order valence-corrected chi connectivity index (χ1v) is 7.78. The molecule has 0 aliphatic carbocycles. The Kier molecular flexibility index (Phi) is 4.59. The second kappa shape index (κ2) is 6.62. The van der Waals surface area contributed by atoms with E-state index in [9.17, 15) is 4.79 Å². The predicted molar refractivity (Wildman–Crippen MR) is 81.4 cm³/mol. The molecule has 0 unspecified atom stereocenters. The number of nitrogens with zero attached hydrogens (tertiary/aromatic N) is 3. The average molecular weight is 305 g/mol. The summed E-state index contributed by atoms with van der Waals surface area (Å²) in [6.45, 7) is 1.77. The summed E-state index contributed by atoms with van der Waals surface area (Å²) in [4.78, 5) is 20.1. The number of aromatic nitrogens is 1. The lowest BCUT2D eigenvalue weighted by Gasteiger charge is -2.33. The molecule has 0 spiro atoms. The summed E-state index contributed by atoms with van der Waals surface area (Å²) in [5.41, 5.74) is 0.896. The third-order valence-electron chi connectivity index (χ3n) is 4.28. The largest absolute Gasteiger partial charge is 0.373 e. The minimum Gasteiger partial charge on any atom is -0.373 e. The number of fused-ring (bicyclic) bond motifs is 1. The molecule has 2 aliphatic rings. The molecule has 2 saturated heterocycles. The molecule has 2 amide bonds. The monoisotopic (exact) mass is 305 g/mol. The number of likely N-dealkylation sites (tertiary alicyclic amines) is 1. The first-order chi connectivity index (χ1) is 10.7. The first kappa shape index (κ1) is 15.2. The van der Waals surface area contributed by atoms with Gasteiger partial charge in [-0.25, -0.2) is 4.79 Å². The van der Waals surface area contributed by atoms with Crippen molar-refractivity contribution in [2.45, 2.75) is 37.7 Å². The van der Waals surface area contributed by atoms with Crippen molar-refractivity contribution in [3.63, 3.8) is 0 Å². The Morgan fingerprint density at radius 3 is 3.09 bits per heavy atom. The Morgan fingerprint density at radius 1 is 1.50 bits per heavy atom. The van der Waals surface area contributed by atoms with Crippen LogP contribution in [0.5, 0.6) is 0 Å². The van der Waals surface area contributed by atoms with Gasteiger partial charge in [0.25, 0.3) is 0 Å². The average Bonchev–Trinajstić information content (AvgIpc) is 2.92. The fourth-order valence-electron chi connectivity index (χ4n) is 3.21. The number of carbonyl (C=O) groups excluding carboxylic acids is 1. The molecule has 3 heterocycles. The Morgan fingerprint density at radius 2 is 2.36 bits per heavy atom. The summed E-state index contributed by atoms with van der Waals surface area (Å²) in [6, 6.07) is 5.93. The van der Waals surface area contributed by atoms with E-state index in [0.29, 0.717) is 13.2 Å². The zero-order valence-electron chi connectivity index (χ0n) is 13.1. The molecule has 1 aromatic heterocycles. The van der Waals surface area contributed by atoms with E-state index in [-0.39, 0.29) is 24.3 Å². The SMILES string of the molecule is CN(C)C(=O)N1C[C@@H](OCc2ccccn2)[C@@H]2OCCC[C@@H]21. The van der Waals surface area contributed by atoms with Gasteiger partial charge in [-0.1, -0.05) is 6.07 Å². The maximum Gasteiger partial charge on any atom is 0.319 e. The van der Waals surface area contributed by atoms with Crippen molar-refractivity contribution >= 4 is 6.03 Å². The van der Waals surface area contributed by atoms with Crippen molar-refractivity contribution in [3.05, 3.63) is 30.1 Å². The van der Waals surface area contributed by atoms with E-state index >= 15 is 0 Å². The highest BCUT2D eigenvalue weighted by Gasteiger charge is 2.47. The lowest BCUT2D eigenvalue weighted by atomic mass is 10.0. The number of pyridine rings is 1. The van der Waals surface area contributed by atoms with Crippen LogP contribution in [0.25, 0.3) is 0 Å². The van der Waals surface area contributed by atoms with Gasteiger partial charge in [0.2, 0.25) is 0 Å². The molecule has 0 bridgehead atoms. The van der Waals surface area contributed by atoms with Gasteiger partial charge in [0.1, 0.15) is 12.2 Å². The van der Waals surface area contributed by atoms with Crippen LogP contribution in [-0.2, 0) is 16.1 Å². The molecule has 120 valence electrons. The molecule has 3 rings (SSSR count). The van der Waals surface area contributed by atoms with Crippen molar-refractivity contribution in [3.8, 4) is 0 Å². The van der Waals surface area contributed by atoms with E-state index < -0.39 is 0 Å². The zero-order valence-corrected chi connectivity index (χ0v) is 13.1. The normalized spacial score (nSPS) is 27.5. The highest BCUT2D eigenvalue weighted by molar-refractivity contribution is 5.74. The molecule has 6 heteroatoms. The molecule has 22 heavy (non-hydrogen) atoms. The quantitative estimate of drug-likeness (QED) is 0.849. The van der Waals surface area contributed by atoms with Gasteiger partial charge < -0.3 is 19.3 Å². The van der Waals surface area contributed by atoms with Crippen molar-refractivity contribution in [1.29, 1.82) is 0 Å². The second-order valence-corrected chi connectivity index (χ2v) is 6.04.